The molecule has 2 unspecified atom stereocenters. The van der Waals surface area contributed by atoms with Crippen molar-refractivity contribution in [1.82, 2.24) is 0 Å². The second-order valence-electron chi connectivity index (χ2n) is 5.37. The van der Waals surface area contributed by atoms with E-state index >= 15 is 0 Å². The molecule has 15 nitrogen and oxygen atoms in total. The van der Waals surface area contributed by atoms with Crippen LogP contribution in [0.15, 0.2) is 0 Å². The zero-order valence-electron chi connectivity index (χ0n) is 19.1. The summed E-state index contributed by atoms with van der Waals surface area (Å²) in [5, 5.41) is 53.6. The normalized spacial score (nSPS) is 13.7. The molecular formula is C13H18Ca2O15. The molecule has 0 saturated carbocycles. The van der Waals surface area contributed by atoms with E-state index in [1.54, 1.807) is 0 Å². The predicted octanol–water partition coefficient (Wildman–Crippen LogP) is -2.76. The summed E-state index contributed by atoms with van der Waals surface area (Å²) in [6.45, 7) is 0. The number of aliphatic hydroxyl groups is 2. The summed E-state index contributed by atoms with van der Waals surface area (Å²) in [4.78, 5) is 76.7. The van der Waals surface area contributed by atoms with Crippen molar-refractivity contribution in [3.05, 3.63) is 0 Å². The van der Waals surface area contributed by atoms with Crippen LogP contribution in [0.25, 0.3) is 0 Å². The van der Waals surface area contributed by atoms with Gasteiger partial charge < -0.3 is 45.8 Å². The van der Waals surface area contributed by atoms with Crippen LogP contribution >= 0.6 is 0 Å². The average Bonchev–Trinajstić information content (AvgIpc) is 2.43. The minimum absolute atomic E-state index is 0. The van der Waals surface area contributed by atoms with Crippen molar-refractivity contribution in [1.29, 1.82) is 0 Å². The van der Waals surface area contributed by atoms with Gasteiger partial charge in [0.2, 0.25) is 0 Å². The van der Waals surface area contributed by atoms with Crippen LogP contribution in [-0.4, -0.2) is 159 Å². The van der Waals surface area contributed by atoms with Gasteiger partial charge in [0, 0.05) is 0 Å². The smallest absolute Gasteiger partial charge is 1.00 e. The van der Waals surface area contributed by atoms with Gasteiger partial charge in [0.25, 0.3) is 0 Å². The molecule has 0 heterocycles. The average molecular weight is 494 g/mol. The van der Waals surface area contributed by atoms with Gasteiger partial charge in [-0.15, -0.1) is 0 Å². The van der Waals surface area contributed by atoms with Crippen molar-refractivity contribution >= 4 is 117 Å². The maximum Gasteiger partial charge on any atom is 2.00 e. The van der Waals surface area contributed by atoms with E-state index in [0.29, 0.717) is 0 Å². The number of esters is 2. The first-order valence-electron chi connectivity index (χ1n) is 6.92. The SMILES string of the molecule is O=C(O)CC(O)(CC(=O)OC(=O)OC(=O)CC(O)(CC(=O)O)C(=O)O)C(=O)O.[Ca+2].[Ca+2].[H-].[H-].[H-].[H-]. The fourth-order valence-electron chi connectivity index (χ4n) is 1.68. The number of carbonyl (C=O) groups is 7. The van der Waals surface area contributed by atoms with Crippen molar-refractivity contribution in [2.75, 3.05) is 0 Å². The van der Waals surface area contributed by atoms with E-state index in [4.69, 9.17) is 20.4 Å². The Hall–Kier alpha value is -1.07. The number of carboxylic acids is 4. The molecule has 0 saturated heterocycles. The van der Waals surface area contributed by atoms with Crippen LogP contribution in [0.4, 0.5) is 4.79 Å². The van der Waals surface area contributed by atoms with E-state index in [2.05, 4.69) is 9.47 Å². The third-order valence-corrected chi connectivity index (χ3v) is 2.95. The van der Waals surface area contributed by atoms with Crippen LogP contribution in [0.5, 0.6) is 0 Å². The first-order valence-corrected chi connectivity index (χ1v) is 6.92. The van der Waals surface area contributed by atoms with Crippen LogP contribution in [0.3, 0.4) is 0 Å². The Morgan fingerprint density at radius 1 is 0.600 bits per heavy atom. The van der Waals surface area contributed by atoms with Gasteiger partial charge in [-0.25, -0.2) is 14.4 Å². The summed E-state index contributed by atoms with van der Waals surface area (Å²) in [5.41, 5.74) is -6.28. The number of carbonyl (C=O) groups excluding carboxylic acids is 3. The van der Waals surface area contributed by atoms with Crippen molar-refractivity contribution < 1.29 is 79.4 Å². The summed E-state index contributed by atoms with van der Waals surface area (Å²) in [7, 11) is 0. The molecule has 17 heteroatoms. The second-order valence-corrected chi connectivity index (χ2v) is 5.37. The van der Waals surface area contributed by atoms with Crippen LogP contribution in [0.2, 0.25) is 0 Å². The Morgan fingerprint density at radius 2 is 0.867 bits per heavy atom. The Bertz CT molecular complexity index is 679. The summed E-state index contributed by atoms with van der Waals surface area (Å²) < 4.78 is 7.64. The van der Waals surface area contributed by atoms with E-state index in [-0.39, 0.29) is 81.2 Å². The molecule has 0 bridgehead atoms. The molecule has 0 aromatic carbocycles. The number of ether oxygens (including phenoxy) is 2. The topological polar surface area (TPSA) is 259 Å². The molecule has 0 aliphatic carbocycles. The molecule has 164 valence electrons. The molecule has 0 aliphatic rings. The van der Waals surface area contributed by atoms with Crippen molar-refractivity contribution in [3.63, 3.8) is 0 Å². The fraction of sp³-hybridized carbons (Fsp3) is 0.462. The zero-order chi connectivity index (χ0) is 22.3. The van der Waals surface area contributed by atoms with Gasteiger partial charge >= 0.3 is 117 Å². The third kappa shape index (κ3) is 11.9. The van der Waals surface area contributed by atoms with Crippen LogP contribution in [-0.2, 0) is 38.2 Å². The molecule has 0 spiro atoms. The number of rotatable bonds is 10. The fourth-order valence-corrected chi connectivity index (χ4v) is 1.68. The van der Waals surface area contributed by atoms with E-state index in [9.17, 15) is 43.8 Å². The predicted molar refractivity (Wildman–Crippen MR) is 92.4 cm³/mol. The van der Waals surface area contributed by atoms with Gasteiger partial charge in [0.05, 0.1) is 25.7 Å². The van der Waals surface area contributed by atoms with Gasteiger partial charge in [0.15, 0.2) is 11.2 Å². The van der Waals surface area contributed by atoms with Crippen molar-refractivity contribution in [3.8, 4) is 0 Å². The summed E-state index contributed by atoms with van der Waals surface area (Å²) in [5.74, 6) is -11.5. The van der Waals surface area contributed by atoms with Gasteiger partial charge in [0.1, 0.15) is 0 Å². The monoisotopic (exact) mass is 494 g/mol. The van der Waals surface area contributed by atoms with Gasteiger partial charge in [-0.2, -0.15) is 0 Å². The molecule has 0 fully saturated rings. The maximum atomic E-state index is 11.4. The van der Waals surface area contributed by atoms with Crippen LogP contribution < -0.4 is 0 Å². The number of carboxylic acid groups (broad SMARTS) is 4. The molecule has 0 amide bonds. The van der Waals surface area contributed by atoms with E-state index in [1.165, 1.54) is 0 Å². The van der Waals surface area contributed by atoms with Gasteiger partial charge in [-0.05, 0) is 0 Å². The van der Waals surface area contributed by atoms with Crippen LogP contribution in [0.1, 0.15) is 31.4 Å². The van der Waals surface area contributed by atoms with Gasteiger partial charge in [-0.1, -0.05) is 0 Å². The van der Waals surface area contributed by atoms with E-state index in [1.807, 2.05) is 0 Å². The molecule has 2 atom stereocenters. The maximum absolute atomic E-state index is 11.4. The van der Waals surface area contributed by atoms with Crippen molar-refractivity contribution in [2.45, 2.75) is 36.9 Å². The molecule has 0 aliphatic heterocycles. The minimum Gasteiger partial charge on any atom is -1.00 e. The Balaban J connectivity index is -0.000000243. The number of aliphatic carboxylic acids is 4. The molecule has 6 N–H and O–H groups in total. The Kier molecular flexibility index (Phi) is 15.8. The Labute approximate surface area is 231 Å². The third-order valence-electron chi connectivity index (χ3n) is 2.95. The first-order chi connectivity index (χ1) is 12.6. The minimum atomic E-state index is -3.14. The summed E-state index contributed by atoms with van der Waals surface area (Å²) >= 11 is 0. The number of hydrogen-bond donors (Lipinski definition) is 6. The van der Waals surface area contributed by atoms with Crippen LogP contribution in [0, 0.1) is 0 Å². The second kappa shape index (κ2) is 14.1. The molecule has 0 radical (unpaired) electrons. The zero-order valence-corrected chi connectivity index (χ0v) is 19.5. The first kappa shape index (κ1) is 33.6. The summed E-state index contributed by atoms with van der Waals surface area (Å²) in [6, 6.07) is 0. The molecule has 0 aromatic rings. The standard InChI is InChI=1S/C13H14O15.2Ca.4H/c14-5(15)1-12(25,9(20)21)3-7(18)27-11(24)28-8(19)4-13(26,10(22)23)2-6(16)17;;;;;;/h25-26H,1-4H2,(H,14,15)(H,16,17)(H,20,21)(H,22,23);;;;;;/q;2*+2;4*-1. The molecule has 0 rings (SSSR count). The van der Waals surface area contributed by atoms with E-state index < -0.39 is 78.9 Å². The van der Waals surface area contributed by atoms with Crippen molar-refractivity contribution in [2.24, 2.45) is 0 Å². The number of hydrogen-bond acceptors (Lipinski definition) is 11. The largest absolute Gasteiger partial charge is 2.00 e. The van der Waals surface area contributed by atoms with E-state index in [0.717, 1.165) is 0 Å². The molecular weight excluding hydrogens is 476 g/mol. The summed E-state index contributed by atoms with van der Waals surface area (Å²) in [6.07, 6.45) is -8.06. The van der Waals surface area contributed by atoms with Gasteiger partial charge in [-0.3, -0.25) is 19.2 Å². The Morgan fingerprint density at radius 3 is 1.07 bits per heavy atom. The molecule has 30 heavy (non-hydrogen) atoms. The molecule has 0 aromatic heterocycles. The quantitative estimate of drug-likeness (QED) is 0.102.